The topological polar surface area (TPSA) is 46.2 Å². The number of amides is 1. The molecule has 1 amide bonds. The van der Waals surface area contributed by atoms with E-state index in [4.69, 9.17) is 11.6 Å². The zero-order valence-electron chi connectivity index (χ0n) is 10.8. The summed E-state index contributed by atoms with van der Waals surface area (Å²) in [6.07, 6.45) is 3.30. The van der Waals surface area contributed by atoms with E-state index in [9.17, 15) is 9.59 Å². The summed E-state index contributed by atoms with van der Waals surface area (Å²) in [6, 6.07) is 7.64. The Bertz CT molecular complexity index is 446. The number of halogens is 1. The smallest absolute Gasteiger partial charge is 0.223 e. The minimum Gasteiger partial charge on any atom is -0.356 e. The van der Waals surface area contributed by atoms with Crippen LogP contribution in [0.3, 0.4) is 0 Å². The second-order valence-corrected chi connectivity index (χ2v) is 5.42. The SMILES string of the molecule is O=C1CCC(C(=O)NCCc2ccc(Cl)cc2)CC1. The van der Waals surface area contributed by atoms with Crippen molar-refractivity contribution in [3.63, 3.8) is 0 Å². The summed E-state index contributed by atoms with van der Waals surface area (Å²) in [5.74, 6) is 0.384. The van der Waals surface area contributed by atoms with Gasteiger partial charge in [-0.3, -0.25) is 9.59 Å². The van der Waals surface area contributed by atoms with Crippen molar-refractivity contribution in [2.24, 2.45) is 5.92 Å². The molecule has 0 bridgehead atoms. The molecule has 1 aromatic rings. The summed E-state index contributed by atoms with van der Waals surface area (Å²) >= 11 is 5.81. The number of ketones is 1. The molecule has 0 heterocycles. The van der Waals surface area contributed by atoms with Crippen LogP contribution in [0.25, 0.3) is 0 Å². The summed E-state index contributed by atoms with van der Waals surface area (Å²) in [4.78, 5) is 23.0. The van der Waals surface area contributed by atoms with E-state index in [1.807, 2.05) is 24.3 Å². The molecule has 19 heavy (non-hydrogen) atoms. The lowest BCUT2D eigenvalue weighted by atomic mass is 9.88. The van der Waals surface area contributed by atoms with Crippen LogP contribution in [0.4, 0.5) is 0 Å². The zero-order valence-corrected chi connectivity index (χ0v) is 11.6. The Morgan fingerprint density at radius 3 is 2.47 bits per heavy atom. The van der Waals surface area contributed by atoms with Crippen molar-refractivity contribution in [1.82, 2.24) is 5.32 Å². The van der Waals surface area contributed by atoms with Gasteiger partial charge >= 0.3 is 0 Å². The second-order valence-electron chi connectivity index (χ2n) is 4.98. The fraction of sp³-hybridized carbons (Fsp3) is 0.467. The third-order valence-corrected chi connectivity index (χ3v) is 3.79. The number of Topliss-reactive ketones (excluding diaryl/α,β-unsaturated/α-hetero) is 1. The predicted octanol–water partition coefficient (Wildman–Crippen LogP) is 2.76. The number of nitrogens with one attached hydrogen (secondary N) is 1. The van der Waals surface area contributed by atoms with E-state index in [0.29, 0.717) is 32.2 Å². The summed E-state index contributed by atoms with van der Waals surface area (Å²) in [6.45, 7) is 0.630. The van der Waals surface area contributed by atoms with Crippen LogP contribution in [0.15, 0.2) is 24.3 Å². The first-order chi connectivity index (χ1) is 9.15. The molecule has 0 spiro atoms. The van der Waals surface area contributed by atoms with Crippen molar-refractivity contribution in [3.8, 4) is 0 Å². The minimum absolute atomic E-state index is 0.0166. The lowest BCUT2D eigenvalue weighted by Gasteiger charge is -2.20. The first-order valence-electron chi connectivity index (χ1n) is 6.69. The van der Waals surface area contributed by atoms with Gasteiger partial charge in [-0.25, -0.2) is 0 Å². The standard InChI is InChI=1S/C15H18ClNO2/c16-13-5-1-11(2-6-13)9-10-17-15(19)12-3-7-14(18)8-4-12/h1-2,5-6,12H,3-4,7-10H2,(H,17,19). The maximum Gasteiger partial charge on any atom is 0.223 e. The fourth-order valence-electron chi connectivity index (χ4n) is 2.33. The average molecular weight is 280 g/mol. The summed E-state index contributed by atoms with van der Waals surface area (Å²) < 4.78 is 0. The molecule has 1 aliphatic rings. The molecule has 1 N–H and O–H groups in total. The van der Waals surface area contributed by atoms with E-state index >= 15 is 0 Å². The van der Waals surface area contributed by atoms with Gasteiger partial charge in [0.05, 0.1) is 0 Å². The molecule has 1 fully saturated rings. The van der Waals surface area contributed by atoms with Crippen LogP contribution in [0.1, 0.15) is 31.2 Å². The Kier molecular flexibility index (Phi) is 4.97. The fourth-order valence-corrected chi connectivity index (χ4v) is 2.45. The van der Waals surface area contributed by atoms with Crippen LogP contribution in [0.5, 0.6) is 0 Å². The van der Waals surface area contributed by atoms with Crippen LogP contribution in [-0.2, 0) is 16.0 Å². The molecule has 1 aromatic carbocycles. The van der Waals surface area contributed by atoms with E-state index in [1.165, 1.54) is 0 Å². The van der Waals surface area contributed by atoms with Crippen LogP contribution in [-0.4, -0.2) is 18.2 Å². The average Bonchev–Trinajstić information content (AvgIpc) is 2.41. The van der Waals surface area contributed by atoms with Crippen molar-refractivity contribution >= 4 is 23.3 Å². The number of carbonyl (C=O) groups excluding carboxylic acids is 2. The van der Waals surface area contributed by atoms with Gasteiger partial charge in [0, 0.05) is 30.3 Å². The first kappa shape index (κ1) is 14.1. The third kappa shape index (κ3) is 4.35. The van der Waals surface area contributed by atoms with E-state index in [2.05, 4.69) is 5.32 Å². The Hall–Kier alpha value is -1.35. The van der Waals surface area contributed by atoms with Crippen LogP contribution in [0, 0.1) is 5.92 Å². The number of carbonyl (C=O) groups is 2. The van der Waals surface area contributed by atoms with E-state index in [0.717, 1.165) is 17.0 Å². The number of rotatable bonds is 4. The highest BCUT2D eigenvalue weighted by Gasteiger charge is 2.24. The van der Waals surface area contributed by atoms with Gasteiger partial charge in [-0.2, -0.15) is 0 Å². The highest BCUT2D eigenvalue weighted by Crippen LogP contribution is 2.21. The molecule has 0 aromatic heterocycles. The largest absolute Gasteiger partial charge is 0.356 e. The summed E-state index contributed by atoms with van der Waals surface area (Å²) in [7, 11) is 0. The lowest BCUT2D eigenvalue weighted by Crippen LogP contribution is -2.34. The molecule has 0 unspecified atom stereocenters. The van der Waals surface area contributed by atoms with Crippen molar-refractivity contribution in [2.45, 2.75) is 32.1 Å². The Balaban J connectivity index is 1.72. The summed E-state index contributed by atoms with van der Waals surface area (Å²) in [5, 5.41) is 3.67. The van der Waals surface area contributed by atoms with Gasteiger partial charge < -0.3 is 5.32 Å². The Labute approximate surface area is 118 Å². The van der Waals surface area contributed by atoms with Gasteiger partial charge in [0.15, 0.2) is 0 Å². The van der Waals surface area contributed by atoms with Gasteiger partial charge in [-0.1, -0.05) is 23.7 Å². The highest BCUT2D eigenvalue weighted by molar-refractivity contribution is 6.30. The molecule has 0 atom stereocenters. The maximum absolute atomic E-state index is 11.9. The number of hydrogen-bond acceptors (Lipinski definition) is 2. The maximum atomic E-state index is 11.9. The van der Waals surface area contributed by atoms with Crippen LogP contribution < -0.4 is 5.32 Å². The molecule has 4 heteroatoms. The molecule has 0 saturated heterocycles. The van der Waals surface area contributed by atoms with Gasteiger partial charge in [0.25, 0.3) is 0 Å². The molecule has 3 nitrogen and oxygen atoms in total. The molecule has 1 saturated carbocycles. The Morgan fingerprint density at radius 2 is 1.84 bits per heavy atom. The molecule has 2 rings (SSSR count). The monoisotopic (exact) mass is 279 g/mol. The van der Waals surface area contributed by atoms with E-state index in [-0.39, 0.29) is 17.6 Å². The summed E-state index contributed by atoms with van der Waals surface area (Å²) in [5.41, 5.74) is 1.16. The van der Waals surface area contributed by atoms with Gasteiger partial charge in [-0.05, 0) is 37.0 Å². The number of benzene rings is 1. The Morgan fingerprint density at radius 1 is 1.21 bits per heavy atom. The van der Waals surface area contributed by atoms with Crippen LogP contribution in [0.2, 0.25) is 5.02 Å². The van der Waals surface area contributed by atoms with Gasteiger partial charge in [-0.15, -0.1) is 0 Å². The molecular formula is C15H18ClNO2. The quantitative estimate of drug-likeness (QED) is 0.921. The third-order valence-electron chi connectivity index (χ3n) is 3.54. The van der Waals surface area contributed by atoms with Crippen LogP contribution >= 0.6 is 11.6 Å². The molecule has 1 aliphatic carbocycles. The molecule has 0 radical (unpaired) electrons. The molecule has 102 valence electrons. The highest BCUT2D eigenvalue weighted by atomic mass is 35.5. The molecular weight excluding hydrogens is 262 g/mol. The van der Waals surface area contributed by atoms with E-state index in [1.54, 1.807) is 0 Å². The minimum atomic E-state index is 0.0166. The van der Waals surface area contributed by atoms with Gasteiger partial charge in [0.2, 0.25) is 5.91 Å². The normalized spacial score (nSPS) is 16.4. The van der Waals surface area contributed by atoms with Crippen molar-refractivity contribution in [3.05, 3.63) is 34.9 Å². The van der Waals surface area contributed by atoms with Crippen molar-refractivity contribution in [2.75, 3.05) is 6.54 Å². The number of hydrogen-bond donors (Lipinski definition) is 1. The lowest BCUT2D eigenvalue weighted by molar-refractivity contribution is -0.128. The second kappa shape index (κ2) is 6.71. The van der Waals surface area contributed by atoms with Crippen molar-refractivity contribution in [1.29, 1.82) is 0 Å². The van der Waals surface area contributed by atoms with Crippen molar-refractivity contribution < 1.29 is 9.59 Å². The molecule has 0 aliphatic heterocycles. The van der Waals surface area contributed by atoms with E-state index < -0.39 is 0 Å². The zero-order chi connectivity index (χ0) is 13.7. The predicted molar refractivity (Wildman–Crippen MR) is 75.1 cm³/mol. The first-order valence-corrected chi connectivity index (χ1v) is 7.07. The van der Waals surface area contributed by atoms with Gasteiger partial charge in [0.1, 0.15) is 5.78 Å².